The summed E-state index contributed by atoms with van der Waals surface area (Å²) in [5.41, 5.74) is 9.04. The Morgan fingerprint density at radius 1 is 1.37 bits per heavy atom. The fourth-order valence-corrected chi connectivity index (χ4v) is 2.52. The topological polar surface area (TPSA) is 51.4 Å². The molecule has 0 aliphatic heterocycles. The number of methoxy groups -OCH3 is 1. The molecule has 0 spiro atoms. The van der Waals surface area contributed by atoms with E-state index in [-0.39, 0.29) is 0 Å². The zero-order chi connectivity index (χ0) is 13.2. The number of nitrogens with two attached hydrogens (primary N) is 1. The van der Waals surface area contributed by atoms with Gasteiger partial charge in [-0.25, -0.2) is 0 Å². The predicted octanol–water partition coefficient (Wildman–Crippen LogP) is 2.43. The minimum atomic E-state index is 0.600. The van der Waals surface area contributed by atoms with E-state index in [1.54, 1.807) is 13.3 Å². The van der Waals surface area contributed by atoms with Crippen LogP contribution >= 0.6 is 0 Å². The molecule has 4 nitrogen and oxygen atoms in total. The van der Waals surface area contributed by atoms with Gasteiger partial charge in [-0.15, -0.1) is 0 Å². The lowest BCUT2D eigenvalue weighted by Crippen LogP contribution is -2.30. The first-order valence-electron chi connectivity index (χ1n) is 6.70. The summed E-state index contributed by atoms with van der Waals surface area (Å²) in [7, 11) is 1.74. The molecule has 1 aliphatic rings. The molecule has 1 aromatic carbocycles. The van der Waals surface area contributed by atoms with Crippen molar-refractivity contribution in [2.45, 2.75) is 18.9 Å². The molecule has 2 aromatic rings. The summed E-state index contributed by atoms with van der Waals surface area (Å²) in [4.78, 5) is 6.78. The largest absolute Gasteiger partial charge is 0.396 e. The van der Waals surface area contributed by atoms with Gasteiger partial charge in [0.2, 0.25) is 0 Å². The van der Waals surface area contributed by atoms with E-state index in [1.807, 2.05) is 18.2 Å². The molecule has 0 unspecified atom stereocenters. The van der Waals surface area contributed by atoms with Crippen molar-refractivity contribution in [3.8, 4) is 0 Å². The SMILES string of the molecule is COCCN(c1c(N)cnc2ccccc12)C1CC1. The minimum absolute atomic E-state index is 0.600. The van der Waals surface area contributed by atoms with Gasteiger partial charge in [0.25, 0.3) is 0 Å². The molecule has 0 saturated heterocycles. The summed E-state index contributed by atoms with van der Waals surface area (Å²) in [6.07, 6.45) is 4.24. The molecule has 0 amide bonds. The van der Waals surface area contributed by atoms with E-state index in [4.69, 9.17) is 10.5 Å². The van der Waals surface area contributed by atoms with Gasteiger partial charge in [-0.1, -0.05) is 18.2 Å². The number of nitrogen functional groups attached to an aromatic ring is 1. The van der Waals surface area contributed by atoms with E-state index in [0.717, 1.165) is 28.8 Å². The van der Waals surface area contributed by atoms with Crippen molar-refractivity contribution in [2.24, 2.45) is 0 Å². The van der Waals surface area contributed by atoms with Crippen LogP contribution in [0.15, 0.2) is 30.5 Å². The normalized spacial score (nSPS) is 14.8. The molecule has 1 fully saturated rings. The van der Waals surface area contributed by atoms with Gasteiger partial charge in [0, 0.05) is 25.1 Å². The summed E-state index contributed by atoms with van der Waals surface area (Å²) >= 11 is 0. The van der Waals surface area contributed by atoms with Crippen molar-refractivity contribution in [1.29, 1.82) is 0 Å². The predicted molar refractivity (Wildman–Crippen MR) is 78.4 cm³/mol. The number of para-hydroxylation sites is 1. The van der Waals surface area contributed by atoms with Crippen molar-refractivity contribution >= 4 is 22.3 Å². The van der Waals surface area contributed by atoms with Crippen LogP contribution in [-0.2, 0) is 4.74 Å². The van der Waals surface area contributed by atoms with Gasteiger partial charge < -0.3 is 15.4 Å². The summed E-state index contributed by atoms with van der Waals surface area (Å²) < 4.78 is 5.23. The van der Waals surface area contributed by atoms with Crippen LogP contribution in [0.3, 0.4) is 0 Å². The van der Waals surface area contributed by atoms with Crippen molar-refractivity contribution in [2.75, 3.05) is 30.9 Å². The van der Waals surface area contributed by atoms with Gasteiger partial charge >= 0.3 is 0 Å². The molecule has 1 aromatic heterocycles. The van der Waals surface area contributed by atoms with Gasteiger partial charge in [0.15, 0.2) is 0 Å². The van der Waals surface area contributed by atoms with E-state index >= 15 is 0 Å². The van der Waals surface area contributed by atoms with Crippen molar-refractivity contribution < 1.29 is 4.74 Å². The van der Waals surface area contributed by atoms with Crippen molar-refractivity contribution in [1.82, 2.24) is 4.98 Å². The first kappa shape index (κ1) is 12.2. The Balaban J connectivity index is 2.07. The number of fused-ring (bicyclic) bond motifs is 1. The van der Waals surface area contributed by atoms with Crippen LogP contribution in [-0.4, -0.2) is 31.3 Å². The van der Waals surface area contributed by atoms with Crippen LogP contribution in [0.5, 0.6) is 0 Å². The fraction of sp³-hybridized carbons (Fsp3) is 0.400. The standard InChI is InChI=1S/C15H19N3O/c1-19-9-8-18(11-6-7-11)15-12-4-2-3-5-14(12)17-10-13(15)16/h2-5,10-11H,6-9,16H2,1H3. The second kappa shape index (κ2) is 5.05. The maximum absolute atomic E-state index is 6.18. The summed E-state index contributed by atoms with van der Waals surface area (Å²) in [6, 6.07) is 8.76. The Hall–Kier alpha value is -1.81. The van der Waals surface area contributed by atoms with Crippen molar-refractivity contribution in [3.63, 3.8) is 0 Å². The third kappa shape index (κ3) is 2.36. The molecule has 4 heteroatoms. The lowest BCUT2D eigenvalue weighted by atomic mass is 10.1. The summed E-state index contributed by atoms with van der Waals surface area (Å²) in [6.45, 7) is 1.59. The molecule has 2 N–H and O–H groups in total. The second-order valence-electron chi connectivity index (χ2n) is 5.00. The zero-order valence-electron chi connectivity index (χ0n) is 11.2. The second-order valence-corrected chi connectivity index (χ2v) is 5.00. The molecule has 0 bridgehead atoms. The number of pyridine rings is 1. The number of hydrogen-bond acceptors (Lipinski definition) is 4. The van der Waals surface area contributed by atoms with Crippen LogP contribution < -0.4 is 10.6 Å². The van der Waals surface area contributed by atoms with Crippen molar-refractivity contribution in [3.05, 3.63) is 30.5 Å². The Morgan fingerprint density at radius 2 is 2.16 bits per heavy atom. The maximum Gasteiger partial charge on any atom is 0.0745 e. The Morgan fingerprint density at radius 3 is 2.89 bits per heavy atom. The average Bonchev–Trinajstić information content (AvgIpc) is 3.26. The smallest absolute Gasteiger partial charge is 0.0745 e. The third-order valence-electron chi connectivity index (χ3n) is 3.59. The van der Waals surface area contributed by atoms with E-state index in [9.17, 15) is 0 Å². The number of nitrogens with zero attached hydrogens (tertiary/aromatic N) is 2. The van der Waals surface area contributed by atoms with E-state index in [1.165, 1.54) is 12.8 Å². The van der Waals surface area contributed by atoms with E-state index in [2.05, 4.69) is 16.0 Å². The average molecular weight is 257 g/mol. The molecule has 1 aliphatic carbocycles. The van der Waals surface area contributed by atoms with Gasteiger partial charge in [-0.3, -0.25) is 4.98 Å². The number of anilines is 2. The quantitative estimate of drug-likeness (QED) is 0.893. The highest BCUT2D eigenvalue weighted by Crippen LogP contribution is 2.38. The van der Waals surface area contributed by atoms with Gasteiger partial charge in [0.05, 0.1) is 29.7 Å². The zero-order valence-corrected chi connectivity index (χ0v) is 11.2. The molecular weight excluding hydrogens is 238 g/mol. The number of aromatic nitrogens is 1. The van der Waals surface area contributed by atoms with Crippen LogP contribution in [0.1, 0.15) is 12.8 Å². The minimum Gasteiger partial charge on any atom is -0.396 e. The Kier molecular flexibility index (Phi) is 3.25. The lowest BCUT2D eigenvalue weighted by Gasteiger charge is -2.27. The van der Waals surface area contributed by atoms with Crippen LogP contribution in [0.2, 0.25) is 0 Å². The molecule has 1 heterocycles. The van der Waals surface area contributed by atoms with Gasteiger partial charge in [-0.2, -0.15) is 0 Å². The molecule has 1 saturated carbocycles. The first-order valence-corrected chi connectivity index (χ1v) is 6.70. The molecule has 3 rings (SSSR count). The number of ether oxygens (including phenoxy) is 1. The number of hydrogen-bond donors (Lipinski definition) is 1. The number of rotatable bonds is 5. The van der Waals surface area contributed by atoms with Crippen LogP contribution in [0.25, 0.3) is 10.9 Å². The Labute approximate surface area is 113 Å². The fourth-order valence-electron chi connectivity index (χ4n) is 2.52. The van der Waals surface area contributed by atoms with Gasteiger partial charge in [-0.05, 0) is 18.9 Å². The monoisotopic (exact) mass is 257 g/mol. The molecule has 0 radical (unpaired) electrons. The van der Waals surface area contributed by atoms with Gasteiger partial charge in [0.1, 0.15) is 0 Å². The lowest BCUT2D eigenvalue weighted by molar-refractivity contribution is 0.205. The summed E-state index contributed by atoms with van der Waals surface area (Å²) in [5.74, 6) is 0. The highest BCUT2D eigenvalue weighted by atomic mass is 16.5. The van der Waals surface area contributed by atoms with E-state index < -0.39 is 0 Å². The highest BCUT2D eigenvalue weighted by molar-refractivity contribution is 5.97. The van der Waals surface area contributed by atoms with Crippen LogP contribution in [0.4, 0.5) is 11.4 Å². The maximum atomic E-state index is 6.18. The third-order valence-corrected chi connectivity index (χ3v) is 3.59. The van der Waals surface area contributed by atoms with E-state index in [0.29, 0.717) is 12.6 Å². The van der Waals surface area contributed by atoms with Crippen LogP contribution in [0, 0.1) is 0 Å². The highest BCUT2D eigenvalue weighted by Gasteiger charge is 2.31. The Bertz CT molecular complexity index is 581. The molecule has 0 atom stereocenters. The molecule has 19 heavy (non-hydrogen) atoms. The number of benzene rings is 1. The molecular formula is C15H19N3O. The molecule has 100 valence electrons. The summed E-state index contributed by atoms with van der Waals surface area (Å²) in [5, 5.41) is 1.13. The first-order chi connectivity index (χ1) is 9.31.